The van der Waals surface area contributed by atoms with Gasteiger partial charge in [-0.2, -0.15) is 0 Å². The molecule has 1 aromatic rings. The molecule has 1 rings (SSSR count). The van der Waals surface area contributed by atoms with Gasteiger partial charge in [0.05, 0.1) is 0 Å². The number of aliphatic hydroxyl groups is 1. The van der Waals surface area contributed by atoms with Crippen LogP contribution in [0.3, 0.4) is 0 Å². The number of rotatable bonds is 1. The lowest BCUT2D eigenvalue weighted by Gasteiger charge is -2.08. The van der Waals surface area contributed by atoms with Crippen molar-refractivity contribution in [1.29, 1.82) is 0 Å². The zero-order chi connectivity index (χ0) is 10.9. The fourth-order valence-electron chi connectivity index (χ4n) is 1.20. The highest BCUT2D eigenvalue weighted by Crippen LogP contribution is 2.10. The lowest BCUT2D eigenvalue weighted by molar-refractivity contribution is -0.429. The number of aromatic hydroxyl groups is 1. The van der Waals surface area contributed by atoms with E-state index in [1.54, 1.807) is 14.0 Å². The number of aliphatic hydroxyl groups excluding tert-OH is 1. The number of nitrogens with zero attached hydrogens (tertiary/aromatic N) is 1. The molecule has 5 nitrogen and oxygen atoms in total. The van der Waals surface area contributed by atoms with Crippen LogP contribution in [0, 0.1) is 6.92 Å². The number of hydrogen-bond acceptors (Lipinski definition) is 2. The van der Waals surface area contributed by atoms with Gasteiger partial charge < -0.3 is 14.8 Å². The summed E-state index contributed by atoms with van der Waals surface area (Å²) in [5.41, 5.74) is 0.250. The summed E-state index contributed by atoms with van der Waals surface area (Å²) in [5.74, 6) is -0.684. The molecular formula is C9H13N2O3+. The Hall–Kier alpha value is -1.78. The Bertz CT molecular complexity index is 446. The molecule has 76 valence electrons. The van der Waals surface area contributed by atoms with Gasteiger partial charge in [0.15, 0.2) is 5.75 Å². The Labute approximate surface area is 81.0 Å². The number of nitrogens with one attached hydrogen (secondary N) is 1. The van der Waals surface area contributed by atoms with Crippen LogP contribution in [0.5, 0.6) is 5.75 Å². The summed E-state index contributed by atoms with van der Waals surface area (Å²) in [6.07, 6.45) is 0. The van der Waals surface area contributed by atoms with Gasteiger partial charge >= 0.3 is 5.90 Å². The topological polar surface area (TPSA) is 76.4 Å². The standard InChI is InChI=1S/C9H12N2O3/c1-5-4-6(12)8(13)7(11(5)3)9(14)10-2/h4,13H,1-3H3,(H,10,14)/p+1. The lowest BCUT2D eigenvalue weighted by atomic mass is 10.2. The SMILES string of the molecule is C[NH+]=C(O)c1c(O)c(=O)cc(C)n1C. The van der Waals surface area contributed by atoms with Crippen LogP contribution in [-0.2, 0) is 7.05 Å². The zero-order valence-corrected chi connectivity index (χ0v) is 8.33. The Morgan fingerprint density at radius 3 is 2.64 bits per heavy atom. The maximum absolute atomic E-state index is 11.2. The van der Waals surface area contributed by atoms with Crippen LogP contribution in [0.1, 0.15) is 11.4 Å². The average Bonchev–Trinajstić information content (AvgIpc) is 2.15. The van der Waals surface area contributed by atoms with Gasteiger partial charge in [0, 0.05) is 18.8 Å². The predicted octanol–water partition coefficient (Wildman–Crippen LogP) is -1.59. The lowest BCUT2D eigenvalue weighted by Crippen LogP contribution is -2.68. The van der Waals surface area contributed by atoms with Gasteiger partial charge in [-0.15, -0.1) is 0 Å². The minimum absolute atomic E-state index is 0.0949. The van der Waals surface area contributed by atoms with Crippen LogP contribution in [-0.4, -0.2) is 27.7 Å². The van der Waals surface area contributed by atoms with Gasteiger partial charge in [0.2, 0.25) is 11.1 Å². The smallest absolute Gasteiger partial charge is 0.386 e. The van der Waals surface area contributed by atoms with Crippen LogP contribution in [0.4, 0.5) is 0 Å². The number of aryl methyl sites for hydroxylation is 1. The molecule has 0 atom stereocenters. The van der Waals surface area contributed by atoms with E-state index in [9.17, 15) is 15.0 Å². The van der Waals surface area contributed by atoms with Gasteiger partial charge in [-0.3, -0.25) is 4.79 Å². The Balaban J connectivity index is 3.64. The fourth-order valence-corrected chi connectivity index (χ4v) is 1.20. The van der Waals surface area contributed by atoms with E-state index < -0.39 is 11.2 Å². The van der Waals surface area contributed by atoms with Crippen LogP contribution in [0.2, 0.25) is 0 Å². The van der Waals surface area contributed by atoms with Crippen molar-refractivity contribution in [3.05, 3.63) is 27.7 Å². The number of aromatic nitrogens is 1. The maximum atomic E-state index is 11.2. The quantitative estimate of drug-likeness (QED) is 0.375. The zero-order valence-electron chi connectivity index (χ0n) is 8.33. The summed E-state index contributed by atoms with van der Waals surface area (Å²) >= 11 is 0. The number of pyridine rings is 1. The first-order valence-corrected chi connectivity index (χ1v) is 4.12. The molecule has 0 saturated carbocycles. The summed E-state index contributed by atoms with van der Waals surface area (Å²) in [6, 6.07) is 1.31. The van der Waals surface area contributed by atoms with E-state index in [-0.39, 0.29) is 11.6 Å². The molecule has 0 unspecified atom stereocenters. The van der Waals surface area contributed by atoms with Crippen LogP contribution < -0.4 is 10.4 Å². The van der Waals surface area contributed by atoms with E-state index in [2.05, 4.69) is 4.99 Å². The molecule has 0 fully saturated rings. The van der Waals surface area contributed by atoms with E-state index in [1.807, 2.05) is 0 Å². The summed E-state index contributed by atoms with van der Waals surface area (Å²) in [7, 11) is 3.15. The summed E-state index contributed by atoms with van der Waals surface area (Å²) in [4.78, 5) is 13.7. The largest absolute Gasteiger partial charge is 0.502 e. The van der Waals surface area contributed by atoms with E-state index in [1.165, 1.54) is 17.7 Å². The van der Waals surface area contributed by atoms with Gasteiger partial charge in [-0.1, -0.05) is 0 Å². The number of hydrogen-bond donors (Lipinski definition) is 3. The second-order valence-corrected chi connectivity index (χ2v) is 3.00. The minimum Gasteiger partial charge on any atom is -0.502 e. The molecule has 0 aromatic carbocycles. The molecule has 3 N–H and O–H groups in total. The summed E-state index contributed by atoms with van der Waals surface area (Å²) < 4.78 is 1.53. The highest BCUT2D eigenvalue weighted by molar-refractivity contribution is 5.88. The van der Waals surface area contributed by atoms with E-state index in [0.29, 0.717) is 5.69 Å². The first kappa shape index (κ1) is 10.3. The van der Waals surface area contributed by atoms with Crippen molar-refractivity contribution >= 4 is 5.90 Å². The minimum atomic E-state index is -0.502. The van der Waals surface area contributed by atoms with Gasteiger partial charge in [-0.25, -0.2) is 4.99 Å². The molecule has 0 bridgehead atoms. The average molecular weight is 197 g/mol. The van der Waals surface area contributed by atoms with Crippen molar-refractivity contribution in [1.82, 2.24) is 4.57 Å². The third kappa shape index (κ3) is 1.48. The molecule has 0 aliphatic rings. The fraction of sp³-hybridized carbons (Fsp3) is 0.333. The third-order valence-corrected chi connectivity index (χ3v) is 2.12. The first-order valence-electron chi connectivity index (χ1n) is 4.12. The molecular weight excluding hydrogens is 184 g/mol. The van der Waals surface area contributed by atoms with E-state index in [4.69, 9.17) is 0 Å². The summed E-state index contributed by atoms with van der Waals surface area (Å²) in [5, 5.41) is 18.9. The predicted molar refractivity (Wildman–Crippen MR) is 51.7 cm³/mol. The van der Waals surface area contributed by atoms with Crippen molar-refractivity contribution in [2.24, 2.45) is 7.05 Å². The van der Waals surface area contributed by atoms with Crippen molar-refractivity contribution in [2.75, 3.05) is 7.05 Å². The van der Waals surface area contributed by atoms with Gasteiger partial charge in [0.25, 0.3) is 0 Å². The second-order valence-electron chi connectivity index (χ2n) is 3.00. The van der Waals surface area contributed by atoms with E-state index in [0.717, 1.165) is 0 Å². The molecule has 1 heterocycles. The van der Waals surface area contributed by atoms with Crippen molar-refractivity contribution < 1.29 is 15.2 Å². The molecule has 14 heavy (non-hydrogen) atoms. The molecule has 0 aliphatic heterocycles. The normalized spacial score (nSPS) is 11.8. The van der Waals surface area contributed by atoms with Crippen molar-refractivity contribution in [3.8, 4) is 5.75 Å². The Kier molecular flexibility index (Phi) is 2.60. The molecule has 0 spiro atoms. The van der Waals surface area contributed by atoms with Crippen LogP contribution in [0.15, 0.2) is 10.9 Å². The first-order chi connectivity index (χ1) is 6.49. The molecule has 0 aliphatic carbocycles. The van der Waals surface area contributed by atoms with Crippen LogP contribution in [0.25, 0.3) is 0 Å². The molecule has 0 amide bonds. The molecule has 1 aromatic heterocycles. The Morgan fingerprint density at radius 2 is 2.14 bits per heavy atom. The maximum Gasteiger partial charge on any atom is 0.386 e. The van der Waals surface area contributed by atoms with Crippen molar-refractivity contribution in [2.45, 2.75) is 6.92 Å². The van der Waals surface area contributed by atoms with E-state index >= 15 is 0 Å². The monoisotopic (exact) mass is 197 g/mol. The second kappa shape index (κ2) is 3.53. The summed E-state index contributed by atoms with van der Waals surface area (Å²) in [6.45, 7) is 1.72. The van der Waals surface area contributed by atoms with Gasteiger partial charge in [0.1, 0.15) is 7.05 Å². The highest BCUT2D eigenvalue weighted by Gasteiger charge is 2.19. The molecule has 5 heteroatoms. The van der Waals surface area contributed by atoms with Crippen LogP contribution >= 0.6 is 0 Å². The van der Waals surface area contributed by atoms with Crippen molar-refractivity contribution in [3.63, 3.8) is 0 Å². The third-order valence-electron chi connectivity index (χ3n) is 2.12. The molecule has 0 radical (unpaired) electrons. The Morgan fingerprint density at radius 1 is 1.57 bits per heavy atom. The van der Waals surface area contributed by atoms with Gasteiger partial charge in [-0.05, 0) is 6.92 Å². The highest BCUT2D eigenvalue weighted by atomic mass is 16.3. The molecule has 0 saturated heterocycles.